The van der Waals surface area contributed by atoms with Gasteiger partial charge in [-0.2, -0.15) is 0 Å². The van der Waals surface area contributed by atoms with Gasteiger partial charge in [0, 0.05) is 28.4 Å². The zero-order valence-electron chi connectivity index (χ0n) is 14.4. The van der Waals surface area contributed by atoms with Crippen LogP contribution in [0.25, 0.3) is 17.0 Å². The first-order chi connectivity index (χ1) is 11.0. The van der Waals surface area contributed by atoms with Gasteiger partial charge >= 0.3 is 0 Å². The number of rotatable bonds is 3. The lowest BCUT2D eigenvalue weighted by Gasteiger charge is -2.15. The summed E-state index contributed by atoms with van der Waals surface area (Å²) in [4.78, 5) is 0. The molecule has 2 N–H and O–H groups in total. The highest BCUT2D eigenvalue weighted by molar-refractivity contribution is 7.92. The predicted molar refractivity (Wildman–Crippen MR) is 94.7 cm³/mol. The average molecular weight is 347 g/mol. The van der Waals surface area contributed by atoms with Crippen molar-refractivity contribution >= 4 is 21.4 Å². The van der Waals surface area contributed by atoms with Crippen LogP contribution in [0.4, 0.5) is 5.69 Å². The van der Waals surface area contributed by atoms with Crippen LogP contribution in [0.3, 0.4) is 0 Å². The number of nitrogens with one attached hydrogen (secondary N) is 2. The fourth-order valence-corrected chi connectivity index (χ4v) is 3.08. The standard InChI is InChI=1S/C16H21N5O2S/c1-10-6-11(8-12(7-10)20-24(5,22)23)15-18-17-14-9-13(16(2,3)4)19-21(14)15/h6-9,19-20H,1-5H3. The molecule has 2 heterocycles. The Morgan fingerprint density at radius 2 is 1.83 bits per heavy atom. The third kappa shape index (κ3) is 3.28. The number of aromatic amines is 1. The third-order valence-electron chi connectivity index (χ3n) is 3.64. The summed E-state index contributed by atoms with van der Waals surface area (Å²) in [6.45, 7) is 8.26. The number of benzene rings is 1. The molecule has 0 aliphatic heterocycles. The Morgan fingerprint density at radius 1 is 1.12 bits per heavy atom. The second kappa shape index (κ2) is 5.34. The lowest BCUT2D eigenvalue weighted by molar-refractivity contribution is 0.563. The third-order valence-corrected chi connectivity index (χ3v) is 4.25. The summed E-state index contributed by atoms with van der Waals surface area (Å²) in [6.07, 6.45) is 1.13. The molecule has 7 nitrogen and oxygen atoms in total. The maximum Gasteiger partial charge on any atom is 0.229 e. The van der Waals surface area contributed by atoms with Gasteiger partial charge in [0.25, 0.3) is 0 Å². The molecule has 0 aliphatic rings. The first kappa shape index (κ1) is 16.5. The van der Waals surface area contributed by atoms with Gasteiger partial charge in [-0.3, -0.25) is 9.82 Å². The van der Waals surface area contributed by atoms with E-state index in [2.05, 4.69) is 40.8 Å². The van der Waals surface area contributed by atoms with Crippen molar-refractivity contribution in [3.63, 3.8) is 0 Å². The normalized spacial score (nSPS) is 12.7. The predicted octanol–water partition coefficient (Wildman–Crippen LogP) is 2.70. The van der Waals surface area contributed by atoms with Gasteiger partial charge in [-0.25, -0.2) is 12.9 Å². The topological polar surface area (TPSA) is 92.2 Å². The minimum atomic E-state index is -3.34. The van der Waals surface area contributed by atoms with Crippen molar-refractivity contribution in [3.05, 3.63) is 35.5 Å². The van der Waals surface area contributed by atoms with E-state index in [1.807, 2.05) is 23.6 Å². The molecule has 2 aromatic heterocycles. The number of hydrogen-bond acceptors (Lipinski definition) is 4. The van der Waals surface area contributed by atoms with E-state index in [1.54, 1.807) is 12.1 Å². The smallest absolute Gasteiger partial charge is 0.229 e. The lowest BCUT2D eigenvalue weighted by Crippen LogP contribution is -2.12. The van der Waals surface area contributed by atoms with Gasteiger partial charge < -0.3 is 0 Å². The van der Waals surface area contributed by atoms with Crippen LogP contribution in [-0.4, -0.2) is 34.5 Å². The molecule has 0 unspecified atom stereocenters. The second-order valence-electron chi connectivity index (χ2n) is 7.10. The zero-order chi connectivity index (χ0) is 17.7. The largest absolute Gasteiger partial charge is 0.294 e. The van der Waals surface area contributed by atoms with Gasteiger partial charge in [-0.1, -0.05) is 20.8 Å². The highest BCUT2D eigenvalue weighted by Gasteiger charge is 2.19. The average Bonchev–Trinajstić information content (AvgIpc) is 2.93. The van der Waals surface area contributed by atoms with E-state index in [0.29, 0.717) is 11.5 Å². The summed E-state index contributed by atoms with van der Waals surface area (Å²) >= 11 is 0. The zero-order valence-corrected chi connectivity index (χ0v) is 15.2. The number of fused-ring (bicyclic) bond motifs is 1. The SMILES string of the molecule is Cc1cc(NS(C)(=O)=O)cc(-c2nnc3cc(C(C)(C)C)[nH]n23)c1. The van der Waals surface area contributed by atoms with Crippen molar-refractivity contribution < 1.29 is 8.42 Å². The molecule has 0 spiro atoms. The second-order valence-corrected chi connectivity index (χ2v) is 8.85. The summed E-state index contributed by atoms with van der Waals surface area (Å²) in [5.41, 5.74) is 3.97. The summed E-state index contributed by atoms with van der Waals surface area (Å²) in [6, 6.07) is 7.45. The fourth-order valence-electron chi connectivity index (χ4n) is 2.54. The minimum absolute atomic E-state index is 0.0341. The maximum atomic E-state index is 11.5. The summed E-state index contributed by atoms with van der Waals surface area (Å²) in [5.74, 6) is 0.640. The fraction of sp³-hybridized carbons (Fsp3) is 0.375. The monoisotopic (exact) mass is 347 g/mol. The van der Waals surface area contributed by atoms with Crippen LogP contribution in [-0.2, 0) is 15.4 Å². The molecule has 128 valence electrons. The highest BCUT2D eigenvalue weighted by atomic mass is 32.2. The summed E-state index contributed by atoms with van der Waals surface area (Å²) < 4.78 is 27.3. The van der Waals surface area contributed by atoms with Crippen LogP contribution >= 0.6 is 0 Å². The van der Waals surface area contributed by atoms with Crippen molar-refractivity contribution in [2.24, 2.45) is 0 Å². The van der Waals surface area contributed by atoms with Gasteiger partial charge in [-0.15, -0.1) is 10.2 Å². The molecule has 0 aliphatic carbocycles. The summed E-state index contributed by atoms with van der Waals surface area (Å²) in [5, 5.41) is 11.8. The van der Waals surface area contributed by atoms with Crippen molar-refractivity contribution in [1.82, 2.24) is 19.8 Å². The van der Waals surface area contributed by atoms with Crippen molar-refractivity contribution in [2.75, 3.05) is 11.0 Å². The molecule has 0 saturated carbocycles. The van der Waals surface area contributed by atoms with E-state index in [4.69, 9.17) is 0 Å². The molecule has 1 aromatic carbocycles. The van der Waals surface area contributed by atoms with Gasteiger partial charge in [0.05, 0.1) is 6.26 Å². The minimum Gasteiger partial charge on any atom is -0.294 e. The van der Waals surface area contributed by atoms with Gasteiger partial charge in [0.2, 0.25) is 10.0 Å². The quantitative estimate of drug-likeness (QED) is 0.762. The molecule has 0 amide bonds. The molecular formula is C16H21N5O2S. The molecule has 0 radical (unpaired) electrons. The van der Waals surface area contributed by atoms with Gasteiger partial charge in [0.1, 0.15) is 0 Å². The molecule has 24 heavy (non-hydrogen) atoms. The number of nitrogens with zero attached hydrogens (tertiary/aromatic N) is 3. The number of H-pyrrole nitrogens is 1. The van der Waals surface area contributed by atoms with Crippen LogP contribution < -0.4 is 4.72 Å². The lowest BCUT2D eigenvalue weighted by atomic mass is 9.93. The number of aryl methyl sites for hydroxylation is 1. The van der Waals surface area contributed by atoms with E-state index in [9.17, 15) is 8.42 Å². The van der Waals surface area contributed by atoms with E-state index >= 15 is 0 Å². The number of anilines is 1. The molecule has 0 atom stereocenters. The van der Waals surface area contributed by atoms with Crippen molar-refractivity contribution in [1.29, 1.82) is 0 Å². The molecule has 0 fully saturated rings. The van der Waals surface area contributed by atoms with Crippen LogP contribution in [0.2, 0.25) is 0 Å². The van der Waals surface area contributed by atoms with Crippen molar-refractivity contribution in [2.45, 2.75) is 33.1 Å². The maximum absolute atomic E-state index is 11.5. The Bertz CT molecular complexity index is 1010. The molecule has 3 aromatic rings. The first-order valence-corrected chi connectivity index (χ1v) is 9.46. The van der Waals surface area contributed by atoms with E-state index in [0.717, 1.165) is 28.7 Å². The number of sulfonamides is 1. The van der Waals surface area contributed by atoms with Crippen LogP contribution in [0.5, 0.6) is 0 Å². The van der Waals surface area contributed by atoms with E-state index < -0.39 is 10.0 Å². The Hall–Kier alpha value is -2.35. The Balaban J connectivity index is 2.12. The first-order valence-electron chi connectivity index (χ1n) is 7.57. The van der Waals surface area contributed by atoms with Gasteiger partial charge in [0.15, 0.2) is 11.5 Å². The number of hydrogen-bond donors (Lipinski definition) is 2. The molecule has 0 saturated heterocycles. The van der Waals surface area contributed by atoms with Crippen LogP contribution in [0.15, 0.2) is 24.3 Å². The van der Waals surface area contributed by atoms with Crippen molar-refractivity contribution in [3.8, 4) is 11.4 Å². The van der Waals surface area contributed by atoms with E-state index in [-0.39, 0.29) is 5.41 Å². The van der Waals surface area contributed by atoms with E-state index in [1.165, 1.54) is 0 Å². The van der Waals surface area contributed by atoms with Crippen LogP contribution in [0, 0.1) is 6.92 Å². The Morgan fingerprint density at radius 3 is 2.46 bits per heavy atom. The Labute approximate surface area is 141 Å². The number of aromatic nitrogens is 4. The van der Waals surface area contributed by atoms with Crippen LogP contribution in [0.1, 0.15) is 32.0 Å². The summed E-state index contributed by atoms with van der Waals surface area (Å²) in [7, 11) is -3.34. The molecule has 3 rings (SSSR count). The molecule has 0 bridgehead atoms. The Kier molecular flexibility index (Phi) is 3.67. The van der Waals surface area contributed by atoms with Gasteiger partial charge in [-0.05, 0) is 30.7 Å². The molecule has 8 heteroatoms. The molecular weight excluding hydrogens is 326 g/mol. The highest BCUT2D eigenvalue weighted by Crippen LogP contribution is 2.27.